The van der Waals surface area contributed by atoms with E-state index in [1.165, 1.54) is 14.0 Å². The highest BCUT2D eigenvalue weighted by Gasteiger charge is 2.36. The van der Waals surface area contributed by atoms with Crippen LogP contribution in [0.25, 0.3) is 0 Å². The van der Waals surface area contributed by atoms with Crippen LogP contribution in [0.15, 0.2) is 24.3 Å². The molecule has 2 atom stereocenters. The Kier molecular flexibility index (Phi) is 8.52. The summed E-state index contributed by atoms with van der Waals surface area (Å²) in [6, 6.07) is 4.19. The summed E-state index contributed by atoms with van der Waals surface area (Å²) in [5.74, 6) is -1.38. The second kappa shape index (κ2) is 10.1. The first kappa shape index (κ1) is 23.5. The summed E-state index contributed by atoms with van der Waals surface area (Å²) in [7, 11) is 1.18. The van der Waals surface area contributed by atoms with Crippen molar-refractivity contribution in [2.45, 2.75) is 52.0 Å². The van der Waals surface area contributed by atoms with Gasteiger partial charge in [-0.15, -0.1) is 0 Å². The van der Waals surface area contributed by atoms with Gasteiger partial charge in [0.2, 0.25) is 0 Å². The molecule has 10 heteroatoms. The molecule has 0 saturated heterocycles. The van der Waals surface area contributed by atoms with Gasteiger partial charge in [0.1, 0.15) is 12.2 Å². The molecule has 9 nitrogen and oxygen atoms in total. The Morgan fingerprint density at radius 2 is 1.86 bits per heavy atom. The third kappa shape index (κ3) is 7.24. The van der Waals surface area contributed by atoms with E-state index in [9.17, 15) is 19.5 Å². The zero-order valence-electron chi connectivity index (χ0n) is 16.4. The maximum atomic E-state index is 12.3. The molecule has 0 radical (unpaired) electrons. The molecule has 28 heavy (non-hydrogen) atoms. The summed E-state index contributed by atoms with van der Waals surface area (Å²) in [6.07, 6.45) is -1.88. The molecule has 0 saturated carbocycles. The van der Waals surface area contributed by atoms with E-state index >= 15 is 0 Å². The van der Waals surface area contributed by atoms with Gasteiger partial charge in [-0.2, -0.15) is 5.06 Å². The van der Waals surface area contributed by atoms with Crippen LogP contribution in [0.3, 0.4) is 0 Å². The number of nitrogens with zero attached hydrogens (tertiary/aromatic N) is 1. The van der Waals surface area contributed by atoms with Crippen molar-refractivity contribution in [1.82, 2.24) is 10.4 Å². The lowest BCUT2D eigenvalue weighted by Gasteiger charge is -2.30. The first-order valence-corrected chi connectivity index (χ1v) is 8.80. The number of halogens is 1. The number of amides is 2. The van der Waals surface area contributed by atoms with Crippen LogP contribution >= 0.6 is 11.6 Å². The number of aliphatic carboxylic acids is 1. The van der Waals surface area contributed by atoms with Crippen molar-refractivity contribution in [2.24, 2.45) is 0 Å². The van der Waals surface area contributed by atoms with E-state index in [1.54, 1.807) is 45.0 Å². The highest BCUT2D eigenvalue weighted by Crippen LogP contribution is 2.17. The Labute approximate surface area is 168 Å². The summed E-state index contributed by atoms with van der Waals surface area (Å²) >= 11 is 6.01. The molecule has 156 valence electrons. The Morgan fingerprint density at radius 3 is 2.36 bits per heavy atom. The number of carboxylic acids is 1. The molecule has 0 aliphatic carbocycles. The highest BCUT2D eigenvalue weighted by molar-refractivity contribution is 6.31. The number of rotatable bonds is 7. The molecule has 1 unspecified atom stereocenters. The molecular formula is C18H25ClN2O7. The lowest BCUT2D eigenvalue weighted by Crippen LogP contribution is -2.56. The monoisotopic (exact) mass is 416 g/mol. The Balaban J connectivity index is 2.82. The third-order valence-electron chi connectivity index (χ3n) is 3.48. The minimum absolute atomic E-state index is 0.137. The molecule has 1 rings (SSSR count). The zero-order valence-corrected chi connectivity index (χ0v) is 17.1. The van der Waals surface area contributed by atoms with E-state index in [0.29, 0.717) is 15.6 Å². The second-order valence-electron chi connectivity index (χ2n) is 6.86. The number of benzene rings is 1. The van der Waals surface area contributed by atoms with E-state index in [4.69, 9.17) is 25.9 Å². The average molecular weight is 417 g/mol. The number of carbonyl (C=O) groups is 3. The molecule has 2 N–H and O–H groups in total. The van der Waals surface area contributed by atoms with Crippen LogP contribution in [0.1, 0.15) is 33.3 Å². The van der Waals surface area contributed by atoms with E-state index in [0.717, 1.165) is 0 Å². The lowest BCUT2D eigenvalue weighted by atomic mass is 10.1. The predicted molar refractivity (Wildman–Crippen MR) is 101 cm³/mol. The van der Waals surface area contributed by atoms with Crippen molar-refractivity contribution in [2.75, 3.05) is 7.11 Å². The van der Waals surface area contributed by atoms with Gasteiger partial charge in [0.15, 0.2) is 6.04 Å². The van der Waals surface area contributed by atoms with Gasteiger partial charge in [-0.25, -0.2) is 14.4 Å². The van der Waals surface area contributed by atoms with Crippen LogP contribution in [0.5, 0.6) is 0 Å². The van der Waals surface area contributed by atoms with Crippen LogP contribution < -0.4 is 5.32 Å². The summed E-state index contributed by atoms with van der Waals surface area (Å²) in [5.41, 5.74) is -0.242. The molecule has 0 aliphatic rings. The summed E-state index contributed by atoms with van der Waals surface area (Å²) in [6.45, 7) is 6.16. The van der Waals surface area contributed by atoms with Crippen molar-refractivity contribution in [3.63, 3.8) is 0 Å². The second-order valence-corrected chi connectivity index (χ2v) is 7.26. The van der Waals surface area contributed by atoms with E-state index in [-0.39, 0.29) is 6.61 Å². The summed E-state index contributed by atoms with van der Waals surface area (Å²) in [5, 5.41) is 12.8. The molecule has 0 spiro atoms. The quantitative estimate of drug-likeness (QED) is 0.656. The van der Waals surface area contributed by atoms with Crippen LogP contribution in [0.2, 0.25) is 5.02 Å². The smallest absolute Gasteiger partial charge is 0.434 e. The average Bonchev–Trinajstić information content (AvgIpc) is 2.57. The number of carboxylic acid groups (broad SMARTS) is 1. The maximum Gasteiger partial charge on any atom is 0.434 e. The number of hydrogen-bond donors (Lipinski definition) is 2. The largest absolute Gasteiger partial charge is 0.480 e. The third-order valence-corrected chi connectivity index (χ3v) is 3.84. The van der Waals surface area contributed by atoms with E-state index in [2.05, 4.69) is 5.32 Å². The van der Waals surface area contributed by atoms with Gasteiger partial charge in [-0.05, 0) is 33.8 Å². The first-order valence-electron chi connectivity index (χ1n) is 8.42. The number of nitrogens with one attached hydrogen (secondary N) is 1. The topological polar surface area (TPSA) is 114 Å². The Bertz CT molecular complexity index is 705. The van der Waals surface area contributed by atoms with Gasteiger partial charge in [0, 0.05) is 10.6 Å². The van der Waals surface area contributed by atoms with E-state index in [1.807, 2.05) is 0 Å². The summed E-state index contributed by atoms with van der Waals surface area (Å²) in [4.78, 5) is 40.8. The standard InChI is InChI=1S/C18H25ClN2O7/c1-11(14(15(22)23)20-16(24)28-18(2,3)4)21(26-5)17(25)27-10-12-8-6-7-9-13(12)19/h6-9,11,14H,10H2,1-5H3,(H,20,24)(H,22,23)/t11?,14-/m0/s1. The molecule has 2 amide bonds. The minimum atomic E-state index is -1.50. The lowest BCUT2D eigenvalue weighted by molar-refractivity contribution is -0.158. The number of carbonyl (C=O) groups excluding carboxylic acids is 2. The summed E-state index contributed by atoms with van der Waals surface area (Å²) < 4.78 is 10.2. The van der Waals surface area contributed by atoms with Crippen molar-refractivity contribution in [3.05, 3.63) is 34.9 Å². The predicted octanol–water partition coefficient (Wildman–Crippen LogP) is 3.21. The minimum Gasteiger partial charge on any atom is -0.480 e. The fourth-order valence-electron chi connectivity index (χ4n) is 2.18. The molecule has 1 aromatic carbocycles. The fourth-order valence-corrected chi connectivity index (χ4v) is 2.37. The van der Waals surface area contributed by atoms with Crippen LogP contribution in [-0.2, 0) is 25.7 Å². The molecule has 0 fully saturated rings. The van der Waals surface area contributed by atoms with Gasteiger partial charge in [-0.3, -0.25) is 4.84 Å². The van der Waals surface area contributed by atoms with Crippen LogP contribution in [-0.4, -0.2) is 53.1 Å². The fraction of sp³-hybridized carbons (Fsp3) is 0.500. The van der Waals surface area contributed by atoms with Crippen molar-refractivity contribution in [3.8, 4) is 0 Å². The molecule has 1 aromatic rings. The number of alkyl carbamates (subject to hydrolysis) is 1. The Hall–Kier alpha value is -2.52. The van der Waals surface area contributed by atoms with E-state index < -0.39 is 35.8 Å². The number of hydroxylamine groups is 2. The normalized spacial score (nSPS) is 13.2. The van der Waals surface area contributed by atoms with Crippen molar-refractivity contribution in [1.29, 1.82) is 0 Å². The van der Waals surface area contributed by atoms with Crippen LogP contribution in [0, 0.1) is 0 Å². The maximum absolute atomic E-state index is 12.3. The van der Waals surface area contributed by atoms with Crippen molar-refractivity contribution >= 4 is 29.8 Å². The van der Waals surface area contributed by atoms with Gasteiger partial charge in [0.25, 0.3) is 0 Å². The first-order chi connectivity index (χ1) is 13.0. The molecule has 0 aliphatic heterocycles. The van der Waals surface area contributed by atoms with Crippen molar-refractivity contribution < 1.29 is 33.8 Å². The van der Waals surface area contributed by atoms with Gasteiger partial charge in [-0.1, -0.05) is 29.8 Å². The number of hydrogen-bond acceptors (Lipinski definition) is 6. The molecule has 0 aromatic heterocycles. The number of ether oxygens (including phenoxy) is 2. The van der Waals surface area contributed by atoms with Gasteiger partial charge >= 0.3 is 18.2 Å². The SMILES string of the molecule is CON(C(=O)OCc1ccccc1Cl)C(C)[C@H](NC(=O)OC(C)(C)C)C(=O)O. The van der Waals surface area contributed by atoms with Gasteiger partial charge in [0.05, 0.1) is 13.2 Å². The molecular weight excluding hydrogens is 392 g/mol. The van der Waals surface area contributed by atoms with Crippen LogP contribution in [0.4, 0.5) is 9.59 Å². The Morgan fingerprint density at radius 1 is 1.25 bits per heavy atom. The molecule has 0 bridgehead atoms. The molecule has 0 heterocycles. The zero-order chi connectivity index (χ0) is 21.5. The highest BCUT2D eigenvalue weighted by atomic mass is 35.5. The van der Waals surface area contributed by atoms with Gasteiger partial charge < -0.3 is 19.9 Å².